The second-order valence-electron chi connectivity index (χ2n) is 7.43. The summed E-state index contributed by atoms with van der Waals surface area (Å²) in [7, 11) is 1.75. The van der Waals surface area contributed by atoms with Gasteiger partial charge in [0.1, 0.15) is 0 Å². The molecule has 3 aliphatic heterocycles. The monoisotopic (exact) mass is 361 g/mol. The molecule has 0 aliphatic carbocycles. The van der Waals surface area contributed by atoms with Crippen molar-refractivity contribution in [2.45, 2.75) is 37.7 Å². The van der Waals surface area contributed by atoms with Crippen LogP contribution >= 0.6 is 0 Å². The number of benzene rings is 1. The highest BCUT2D eigenvalue weighted by Crippen LogP contribution is 2.42. The Bertz CT molecular complexity index is 654. The molecule has 26 heavy (non-hydrogen) atoms. The van der Waals surface area contributed by atoms with Gasteiger partial charge in [0.2, 0.25) is 12.7 Å². The van der Waals surface area contributed by atoms with E-state index in [1.165, 1.54) is 0 Å². The van der Waals surface area contributed by atoms with Crippen molar-refractivity contribution in [2.75, 3.05) is 40.2 Å². The predicted octanol–water partition coefficient (Wildman–Crippen LogP) is 2.39. The fourth-order valence-corrected chi connectivity index (χ4v) is 4.48. The molecular weight excluding hydrogens is 334 g/mol. The van der Waals surface area contributed by atoms with E-state index >= 15 is 0 Å². The first kappa shape index (κ1) is 17.6. The summed E-state index contributed by atoms with van der Waals surface area (Å²) in [6.45, 7) is 3.41. The Morgan fingerprint density at radius 3 is 2.88 bits per heavy atom. The van der Waals surface area contributed by atoms with Gasteiger partial charge in [-0.1, -0.05) is 6.07 Å². The van der Waals surface area contributed by atoms with E-state index in [0.29, 0.717) is 12.3 Å². The molecule has 1 aromatic rings. The van der Waals surface area contributed by atoms with Crippen molar-refractivity contribution in [2.24, 2.45) is 5.92 Å². The molecule has 0 aromatic heterocycles. The second kappa shape index (κ2) is 7.45. The minimum Gasteiger partial charge on any atom is -0.454 e. The summed E-state index contributed by atoms with van der Waals surface area (Å²) in [5, 5.41) is 0. The average molecular weight is 361 g/mol. The molecule has 2 saturated heterocycles. The van der Waals surface area contributed by atoms with Gasteiger partial charge in [0.15, 0.2) is 11.5 Å². The Morgan fingerprint density at radius 2 is 2.08 bits per heavy atom. The Labute approximate surface area is 154 Å². The van der Waals surface area contributed by atoms with Crippen LogP contribution in [0, 0.1) is 5.92 Å². The molecule has 142 valence electrons. The SMILES string of the molecule is COCC[C@H]1CCOC12CCN(C(=O)Cc1ccc3c(c1)OCO3)CC2. The number of methoxy groups -OCH3 is 1. The highest BCUT2D eigenvalue weighted by atomic mass is 16.7. The topological polar surface area (TPSA) is 57.2 Å². The number of carbonyl (C=O) groups is 1. The summed E-state index contributed by atoms with van der Waals surface area (Å²) in [6, 6.07) is 5.73. The van der Waals surface area contributed by atoms with Gasteiger partial charge < -0.3 is 23.8 Å². The number of piperidine rings is 1. The van der Waals surface area contributed by atoms with E-state index in [9.17, 15) is 4.79 Å². The third-order valence-corrected chi connectivity index (χ3v) is 6.03. The maximum Gasteiger partial charge on any atom is 0.231 e. The summed E-state index contributed by atoms with van der Waals surface area (Å²) in [5.74, 6) is 2.20. The lowest BCUT2D eigenvalue weighted by Crippen LogP contribution is -2.49. The third kappa shape index (κ3) is 3.40. The normalized spacial score (nSPS) is 23.6. The van der Waals surface area contributed by atoms with E-state index in [1.54, 1.807) is 7.11 Å². The molecule has 6 heteroatoms. The summed E-state index contributed by atoms with van der Waals surface area (Å²) in [4.78, 5) is 14.7. The van der Waals surface area contributed by atoms with Gasteiger partial charge in [-0.05, 0) is 49.3 Å². The molecule has 3 aliphatic rings. The number of ether oxygens (including phenoxy) is 4. The van der Waals surface area contributed by atoms with Crippen LogP contribution in [0.2, 0.25) is 0 Å². The van der Waals surface area contributed by atoms with Gasteiger partial charge in [-0.25, -0.2) is 0 Å². The van der Waals surface area contributed by atoms with Crippen molar-refractivity contribution in [3.8, 4) is 11.5 Å². The summed E-state index contributed by atoms with van der Waals surface area (Å²) in [6.07, 6.45) is 4.40. The number of amides is 1. The number of nitrogens with zero attached hydrogens (tertiary/aromatic N) is 1. The van der Waals surface area contributed by atoms with Crippen LogP contribution in [0.5, 0.6) is 11.5 Å². The number of likely N-dealkylation sites (tertiary alicyclic amines) is 1. The second-order valence-corrected chi connectivity index (χ2v) is 7.43. The Balaban J connectivity index is 1.33. The van der Waals surface area contributed by atoms with E-state index in [2.05, 4.69) is 0 Å². The van der Waals surface area contributed by atoms with E-state index in [-0.39, 0.29) is 18.3 Å². The summed E-state index contributed by atoms with van der Waals surface area (Å²) in [5.41, 5.74) is 0.920. The molecule has 0 radical (unpaired) electrons. The minimum absolute atomic E-state index is 0.0476. The van der Waals surface area contributed by atoms with E-state index < -0.39 is 0 Å². The lowest BCUT2D eigenvalue weighted by molar-refractivity contribution is -0.137. The Hall–Kier alpha value is -1.79. The Kier molecular flexibility index (Phi) is 5.05. The number of hydrogen-bond donors (Lipinski definition) is 0. The van der Waals surface area contributed by atoms with Crippen molar-refractivity contribution >= 4 is 5.91 Å². The van der Waals surface area contributed by atoms with Crippen molar-refractivity contribution in [3.63, 3.8) is 0 Å². The predicted molar refractivity (Wildman–Crippen MR) is 95.4 cm³/mol. The van der Waals surface area contributed by atoms with Crippen LogP contribution in [-0.2, 0) is 20.7 Å². The van der Waals surface area contributed by atoms with Crippen LogP contribution in [0.3, 0.4) is 0 Å². The average Bonchev–Trinajstić information content (AvgIpc) is 3.27. The van der Waals surface area contributed by atoms with E-state index in [0.717, 1.165) is 69.0 Å². The molecule has 2 fully saturated rings. The molecule has 1 atom stereocenters. The first-order valence-corrected chi connectivity index (χ1v) is 9.49. The maximum absolute atomic E-state index is 12.7. The molecule has 0 N–H and O–H groups in total. The molecule has 0 saturated carbocycles. The number of rotatable bonds is 5. The largest absolute Gasteiger partial charge is 0.454 e. The first-order chi connectivity index (χ1) is 12.7. The van der Waals surface area contributed by atoms with Gasteiger partial charge in [0, 0.05) is 33.4 Å². The molecule has 6 nitrogen and oxygen atoms in total. The first-order valence-electron chi connectivity index (χ1n) is 9.49. The fraction of sp³-hybridized carbons (Fsp3) is 0.650. The number of hydrogen-bond acceptors (Lipinski definition) is 5. The minimum atomic E-state index is -0.0476. The van der Waals surface area contributed by atoms with E-state index in [4.69, 9.17) is 18.9 Å². The zero-order valence-electron chi connectivity index (χ0n) is 15.4. The maximum atomic E-state index is 12.7. The van der Waals surface area contributed by atoms with Gasteiger partial charge in [-0.3, -0.25) is 4.79 Å². The van der Waals surface area contributed by atoms with Crippen LogP contribution in [0.25, 0.3) is 0 Å². The fourth-order valence-electron chi connectivity index (χ4n) is 4.48. The van der Waals surface area contributed by atoms with Gasteiger partial charge in [0.05, 0.1) is 12.0 Å². The molecule has 1 amide bonds. The van der Waals surface area contributed by atoms with Crippen molar-refractivity contribution in [1.82, 2.24) is 4.90 Å². The molecule has 0 unspecified atom stereocenters. The van der Waals surface area contributed by atoms with E-state index in [1.807, 2.05) is 23.1 Å². The quantitative estimate of drug-likeness (QED) is 0.806. The van der Waals surface area contributed by atoms with Crippen LogP contribution in [0.15, 0.2) is 18.2 Å². The molecule has 1 spiro atoms. The molecular formula is C20H27NO5. The van der Waals surface area contributed by atoms with Gasteiger partial charge in [-0.2, -0.15) is 0 Å². The number of fused-ring (bicyclic) bond motifs is 1. The summed E-state index contributed by atoms with van der Waals surface area (Å²) >= 11 is 0. The van der Waals surface area contributed by atoms with Gasteiger partial charge in [0.25, 0.3) is 0 Å². The van der Waals surface area contributed by atoms with Crippen molar-refractivity contribution in [3.05, 3.63) is 23.8 Å². The lowest BCUT2D eigenvalue weighted by Gasteiger charge is -2.42. The molecule has 0 bridgehead atoms. The van der Waals surface area contributed by atoms with Gasteiger partial charge >= 0.3 is 0 Å². The van der Waals surface area contributed by atoms with Crippen molar-refractivity contribution in [1.29, 1.82) is 0 Å². The zero-order valence-corrected chi connectivity index (χ0v) is 15.4. The molecule has 4 rings (SSSR count). The highest BCUT2D eigenvalue weighted by Gasteiger charge is 2.46. The number of carbonyl (C=O) groups excluding carboxylic acids is 1. The Morgan fingerprint density at radius 1 is 1.27 bits per heavy atom. The van der Waals surface area contributed by atoms with Crippen LogP contribution in [0.4, 0.5) is 0 Å². The molecule has 3 heterocycles. The smallest absolute Gasteiger partial charge is 0.231 e. The molecule has 1 aromatic carbocycles. The standard InChI is InChI=1S/C20H27NO5/c1-23-10-4-16-5-11-26-20(16)6-8-21(9-7-20)19(22)13-15-2-3-17-18(12-15)25-14-24-17/h2-3,12,16H,4-11,13-14H2,1H3/t16-/m0/s1. The highest BCUT2D eigenvalue weighted by molar-refractivity contribution is 5.79. The van der Waals surface area contributed by atoms with Crippen molar-refractivity contribution < 1.29 is 23.7 Å². The van der Waals surface area contributed by atoms with Crippen LogP contribution in [-0.4, -0.2) is 56.6 Å². The van der Waals surface area contributed by atoms with Gasteiger partial charge in [-0.15, -0.1) is 0 Å². The van der Waals surface area contributed by atoms with Crippen LogP contribution in [0.1, 0.15) is 31.2 Å². The third-order valence-electron chi connectivity index (χ3n) is 6.03. The summed E-state index contributed by atoms with van der Waals surface area (Å²) < 4.78 is 22.1. The zero-order chi connectivity index (χ0) is 18.0. The lowest BCUT2D eigenvalue weighted by atomic mass is 9.78. The van der Waals surface area contributed by atoms with Crippen LogP contribution < -0.4 is 9.47 Å².